The summed E-state index contributed by atoms with van der Waals surface area (Å²) in [7, 11) is 1.61. The number of benzene rings is 1. The highest BCUT2D eigenvalue weighted by atomic mass is 16.5. The van der Waals surface area contributed by atoms with Gasteiger partial charge in [0.25, 0.3) is 0 Å². The van der Waals surface area contributed by atoms with Crippen LogP contribution in [0.15, 0.2) is 36.5 Å². The minimum absolute atomic E-state index is 0.263. The zero-order valence-corrected chi connectivity index (χ0v) is 17.1. The van der Waals surface area contributed by atoms with E-state index in [0.717, 1.165) is 56.0 Å². The van der Waals surface area contributed by atoms with Gasteiger partial charge in [-0.05, 0) is 62.8 Å². The number of hydrogen-bond acceptors (Lipinski definition) is 5. The minimum Gasteiger partial charge on any atom is -0.497 e. The molecule has 0 saturated heterocycles. The lowest BCUT2D eigenvalue weighted by Gasteiger charge is -2.17. The third-order valence-corrected chi connectivity index (χ3v) is 4.90. The summed E-state index contributed by atoms with van der Waals surface area (Å²) in [6.07, 6.45) is 3.78. The first-order chi connectivity index (χ1) is 13.6. The van der Waals surface area contributed by atoms with Crippen LogP contribution in [0.4, 0.5) is 0 Å². The molecule has 1 aromatic carbocycles. The molecule has 6 heteroatoms. The predicted octanol–water partition coefficient (Wildman–Crippen LogP) is 3.67. The Morgan fingerprint density at radius 3 is 2.46 bits per heavy atom. The van der Waals surface area contributed by atoms with Gasteiger partial charge < -0.3 is 20.1 Å². The molecule has 2 N–H and O–H groups in total. The minimum atomic E-state index is -0.950. The van der Waals surface area contributed by atoms with Crippen molar-refractivity contribution in [3.63, 3.8) is 0 Å². The van der Waals surface area contributed by atoms with Crippen LogP contribution in [0.3, 0.4) is 0 Å². The first-order valence-electron chi connectivity index (χ1n) is 9.89. The van der Waals surface area contributed by atoms with Crippen LogP contribution in [0.2, 0.25) is 0 Å². The van der Waals surface area contributed by atoms with Crippen LogP contribution >= 0.6 is 0 Å². The molecule has 0 saturated carbocycles. The Labute approximate surface area is 167 Å². The Morgan fingerprint density at radius 1 is 1.14 bits per heavy atom. The van der Waals surface area contributed by atoms with Crippen LogP contribution < -0.4 is 10.1 Å². The number of carboxylic acid groups (broad SMARTS) is 1. The summed E-state index contributed by atoms with van der Waals surface area (Å²) >= 11 is 0. The quantitative estimate of drug-likeness (QED) is 0.543. The molecule has 0 atom stereocenters. The smallest absolute Gasteiger partial charge is 0.336 e. The average molecular weight is 386 g/mol. The highest BCUT2D eigenvalue weighted by Gasteiger charge is 2.17. The molecule has 0 aliphatic rings. The summed E-state index contributed by atoms with van der Waals surface area (Å²) in [6.45, 7) is 9.06. The van der Waals surface area contributed by atoms with E-state index in [0.29, 0.717) is 12.1 Å². The van der Waals surface area contributed by atoms with Gasteiger partial charge in [-0.25, -0.2) is 4.79 Å². The number of unbranched alkanes of at least 4 members (excludes halogenated alkanes) is 1. The van der Waals surface area contributed by atoms with Crippen molar-refractivity contribution in [3.05, 3.63) is 47.8 Å². The van der Waals surface area contributed by atoms with Gasteiger partial charge in [0.2, 0.25) is 0 Å². The number of aromatic carboxylic acids is 1. The van der Waals surface area contributed by atoms with Gasteiger partial charge in [-0.1, -0.05) is 26.0 Å². The largest absolute Gasteiger partial charge is 0.497 e. The van der Waals surface area contributed by atoms with Gasteiger partial charge in [-0.3, -0.25) is 4.98 Å². The summed E-state index contributed by atoms with van der Waals surface area (Å²) in [5, 5.41) is 13.0. The summed E-state index contributed by atoms with van der Waals surface area (Å²) in [4.78, 5) is 18.6. The van der Waals surface area contributed by atoms with Crippen molar-refractivity contribution in [1.29, 1.82) is 0 Å². The van der Waals surface area contributed by atoms with E-state index in [4.69, 9.17) is 4.74 Å². The van der Waals surface area contributed by atoms with Crippen molar-refractivity contribution < 1.29 is 14.6 Å². The number of pyridine rings is 1. The zero-order valence-electron chi connectivity index (χ0n) is 17.1. The van der Waals surface area contributed by atoms with Crippen LogP contribution in [-0.2, 0) is 6.54 Å². The van der Waals surface area contributed by atoms with Crippen LogP contribution in [0.5, 0.6) is 5.75 Å². The van der Waals surface area contributed by atoms with E-state index >= 15 is 0 Å². The lowest BCUT2D eigenvalue weighted by molar-refractivity contribution is 0.0697. The van der Waals surface area contributed by atoms with Crippen molar-refractivity contribution in [2.75, 3.05) is 33.3 Å². The highest BCUT2D eigenvalue weighted by molar-refractivity contribution is 5.96. The third kappa shape index (κ3) is 6.04. The number of nitrogens with zero attached hydrogens (tertiary/aromatic N) is 2. The van der Waals surface area contributed by atoms with Crippen LogP contribution in [0, 0.1) is 0 Å². The topological polar surface area (TPSA) is 74.7 Å². The number of methoxy groups -OCH3 is 1. The fourth-order valence-corrected chi connectivity index (χ4v) is 3.23. The first kappa shape index (κ1) is 21.9. The lowest BCUT2D eigenvalue weighted by atomic mass is 9.98. The average Bonchev–Trinajstić information content (AvgIpc) is 2.73. The molecule has 1 aromatic heterocycles. The van der Waals surface area contributed by atoms with Crippen molar-refractivity contribution in [1.82, 2.24) is 15.2 Å². The number of hydrogen-bond donors (Lipinski definition) is 2. The summed E-state index contributed by atoms with van der Waals surface area (Å²) < 4.78 is 5.20. The number of rotatable bonds is 12. The molecule has 6 nitrogen and oxygen atoms in total. The van der Waals surface area contributed by atoms with Crippen molar-refractivity contribution in [2.45, 2.75) is 33.2 Å². The first-order valence-corrected chi connectivity index (χ1v) is 9.89. The van der Waals surface area contributed by atoms with Gasteiger partial charge in [-0.15, -0.1) is 0 Å². The molecule has 0 spiro atoms. The van der Waals surface area contributed by atoms with Gasteiger partial charge in [0.05, 0.1) is 18.4 Å². The van der Waals surface area contributed by atoms with E-state index < -0.39 is 5.97 Å². The number of nitrogens with one attached hydrogen (secondary N) is 1. The van der Waals surface area contributed by atoms with E-state index in [-0.39, 0.29) is 5.56 Å². The number of ether oxygens (including phenoxy) is 1. The molecular weight excluding hydrogens is 354 g/mol. The van der Waals surface area contributed by atoms with Crippen LogP contribution in [0.25, 0.3) is 11.1 Å². The maximum absolute atomic E-state index is 11.7. The summed E-state index contributed by atoms with van der Waals surface area (Å²) in [5.74, 6) is -0.217. The fourth-order valence-electron chi connectivity index (χ4n) is 3.23. The molecule has 0 fully saturated rings. The van der Waals surface area contributed by atoms with E-state index in [1.165, 1.54) is 0 Å². The molecule has 0 amide bonds. The zero-order chi connectivity index (χ0) is 20.4. The highest BCUT2D eigenvalue weighted by Crippen LogP contribution is 2.28. The monoisotopic (exact) mass is 385 g/mol. The van der Waals surface area contributed by atoms with E-state index in [1.807, 2.05) is 24.3 Å². The van der Waals surface area contributed by atoms with Gasteiger partial charge in [-0.2, -0.15) is 0 Å². The van der Waals surface area contributed by atoms with E-state index in [2.05, 4.69) is 29.0 Å². The normalized spacial score (nSPS) is 11.0. The maximum Gasteiger partial charge on any atom is 0.336 e. The SMILES string of the molecule is CCN(CC)CCCCNCc1nccc(C(=O)O)c1-c1ccc(OC)cc1. The third-order valence-electron chi connectivity index (χ3n) is 4.90. The molecule has 1 heterocycles. The molecule has 0 bridgehead atoms. The molecule has 2 rings (SSSR count). The number of carboxylic acids is 1. The molecule has 28 heavy (non-hydrogen) atoms. The molecule has 2 aromatic rings. The van der Waals surface area contributed by atoms with Crippen LogP contribution in [0.1, 0.15) is 42.7 Å². The molecule has 0 aliphatic heterocycles. The molecule has 0 radical (unpaired) electrons. The molecule has 0 aliphatic carbocycles. The van der Waals surface area contributed by atoms with Crippen molar-refractivity contribution >= 4 is 5.97 Å². The van der Waals surface area contributed by atoms with Crippen LogP contribution in [-0.4, -0.2) is 54.2 Å². The molecular formula is C22H31N3O3. The lowest BCUT2D eigenvalue weighted by Crippen LogP contribution is -2.25. The Bertz CT molecular complexity index is 743. The summed E-state index contributed by atoms with van der Waals surface area (Å²) in [6, 6.07) is 8.96. The Kier molecular flexibility index (Phi) is 8.91. The summed E-state index contributed by atoms with van der Waals surface area (Å²) in [5.41, 5.74) is 2.49. The van der Waals surface area contributed by atoms with Gasteiger partial charge in [0.1, 0.15) is 5.75 Å². The fraction of sp³-hybridized carbons (Fsp3) is 0.455. The van der Waals surface area contributed by atoms with Gasteiger partial charge in [0.15, 0.2) is 0 Å². The van der Waals surface area contributed by atoms with Gasteiger partial charge >= 0.3 is 5.97 Å². The number of carbonyl (C=O) groups is 1. The van der Waals surface area contributed by atoms with Gasteiger partial charge in [0, 0.05) is 18.3 Å². The van der Waals surface area contributed by atoms with E-state index in [9.17, 15) is 9.90 Å². The number of aromatic nitrogens is 1. The second-order valence-electron chi connectivity index (χ2n) is 6.62. The van der Waals surface area contributed by atoms with E-state index in [1.54, 1.807) is 19.4 Å². The maximum atomic E-state index is 11.7. The molecule has 152 valence electrons. The predicted molar refractivity (Wildman–Crippen MR) is 112 cm³/mol. The molecule has 0 unspecified atom stereocenters. The van der Waals surface area contributed by atoms with Crippen molar-refractivity contribution in [2.24, 2.45) is 0 Å². The second kappa shape index (κ2) is 11.4. The Balaban J connectivity index is 2.05. The Hall–Kier alpha value is -2.44. The second-order valence-corrected chi connectivity index (χ2v) is 6.62. The van der Waals surface area contributed by atoms with Crippen molar-refractivity contribution in [3.8, 4) is 16.9 Å². The standard InChI is InChI=1S/C22H31N3O3/c1-4-25(5-2)15-7-6-13-23-16-20-21(19(22(26)27)12-14-24-20)17-8-10-18(28-3)11-9-17/h8-12,14,23H,4-7,13,15-16H2,1-3H3,(H,26,27). The Morgan fingerprint density at radius 2 is 1.86 bits per heavy atom.